The normalized spacial score (nSPS) is 21.1. The Hall–Kier alpha value is -1.29. The van der Waals surface area contributed by atoms with Gasteiger partial charge in [-0.1, -0.05) is 0 Å². The van der Waals surface area contributed by atoms with Gasteiger partial charge in [-0.15, -0.1) is 0 Å². The van der Waals surface area contributed by atoms with Crippen LogP contribution in [-0.2, 0) is 0 Å². The molecule has 0 bridgehead atoms. The first-order valence-electron chi connectivity index (χ1n) is 4.90. The Balaban J connectivity index is 2.04. The van der Waals surface area contributed by atoms with Crippen LogP contribution in [0.15, 0.2) is 18.3 Å². The average molecular weight is 193 g/mol. The highest BCUT2D eigenvalue weighted by molar-refractivity contribution is 5.92. The van der Waals surface area contributed by atoms with E-state index < -0.39 is 0 Å². The van der Waals surface area contributed by atoms with E-state index in [1.807, 2.05) is 18.0 Å². The number of carbonyl (C=O) groups excluding carboxylic acids is 1. The summed E-state index contributed by atoms with van der Waals surface area (Å²) >= 11 is 0. The zero-order valence-electron chi connectivity index (χ0n) is 8.29. The number of hydrogen-bond donors (Lipinski definition) is 2. The third kappa shape index (κ3) is 1.65. The molecule has 1 atom stereocenters. The van der Waals surface area contributed by atoms with Gasteiger partial charge in [0.25, 0.3) is 5.91 Å². The van der Waals surface area contributed by atoms with Gasteiger partial charge in [0, 0.05) is 25.8 Å². The van der Waals surface area contributed by atoms with E-state index in [-0.39, 0.29) is 5.91 Å². The Bertz CT molecular complexity index is 301. The van der Waals surface area contributed by atoms with Gasteiger partial charge in [-0.3, -0.25) is 4.79 Å². The van der Waals surface area contributed by atoms with Gasteiger partial charge in [0.2, 0.25) is 0 Å². The number of aromatic amines is 1. The van der Waals surface area contributed by atoms with Crippen LogP contribution in [-0.4, -0.2) is 42.0 Å². The predicted molar refractivity (Wildman–Crippen MR) is 54.2 cm³/mol. The Morgan fingerprint density at radius 2 is 2.50 bits per heavy atom. The maximum atomic E-state index is 11.9. The van der Waals surface area contributed by atoms with Crippen LogP contribution in [0.5, 0.6) is 0 Å². The number of nitrogens with one attached hydrogen (secondary N) is 2. The Morgan fingerprint density at radius 3 is 3.07 bits per heavy atom. The molecule has 0 saturated carbocycles. The number of rotatable bonds is 2. The summed E-state index contributed by atoms with van der Waals surface area (Å²) in [4.78, 5) is 16.6. The molecule has 4 heteroatoms. The van der Waals surface area contributed by atoms with Crippen LogP contribution in [0.4, 0.5) is 0 Å². The van der Waals surface area contributed by atoms with Crippen LogP contribution in [0, 0.1) is 0 Å². The molecule has 76 valence electrons. The van der Waals surface area contributed by atoms with Gasteiger partial charge in [0.05, 0.1) is 0 Å². The molecular weight excluding hydrogens is 178 g/mol. The standard InChI is InChI=1S/C10H15N3O/c1-13(8-4-6-11-7-8)10(14)9-3-2-5-12-9/h2-3,5,8,11-12H,4,6-7H2,1H3. The van der Waals surface area contributed by atoms with E-state index in [1.54, 1.807) is 12.3 Å². The monoisotopic (exact) mass is 193 g/mol. The van der Waals surface area contributed by atoms with Crippen LogP contribution in [0.2, 0.25) is 0 Å². The molecule has 2 heterocycles. The van der Waals surface area contributed by atoms with Crippen LogP contribution in [0.3, 0.4) is 0 Å². The summed E-state index contributed by atoms with van der Waals surface area (Å²) in [5, 5.41) is 3.25. The van der Waals surface area contributed by atoms with E-state index in [0.29, 0.717) is 11.7 Å². The number of carbonyl (C=O) groups is 1. The third-order valence-corrected chi connectivity index (χ3v) is 2.73. The van der Waals surface area contributed by atoms with Gasteiger partial charge in [-0.2, -0.15) is 0 Å². The van der Waals surface area contributed by atoms with Crippen molar-refractivity contribution in [1.82, 2.24) is 15.2 Å². The highest BCUT2D eigenvalue weighted by Gasteiger charge is 2.24. The lowest BCUT2D eigenvalue weighted by molar-refractivity contribution is 0.0738. The molecule has 1 amide bonds. The van der Waals surface area contributed by atoms with Gasteiger partial charge >= 0.3 is 0 Å². The second kappa shape index (κ2) is 3.84. The molecule has 1 aromatic heterocycles. The van der Waals surface area contributed by atoms with Gasteiger partial charge in [0.15, 0.2) is 0 Å². The zero-order valence-corrected chi connectivity index (χ0v) is 8.29. The summed E-state index contributed by atoms with van der Waals surface area (Å²) < 4.78 is 0. The van der Waals surface area contributed by atoms with Crippen LogP contribution in [0.25, 0.3) is 0 Å². The van der Waals surface area contributed by atoms with Gasteiger partial charge < -0.3 is 15.2 Å². The van der Waals surface area contributed by atoms with Gasteiger partial charge in [0.1, 0.15) is 5.69 Å². The number of H-pyrrole nitrogens is 1. The molecule has 1 fully saturated rings. The molecule has 1 saturated heterocycles. The first-order chi connectivity index (χ1) is 6.79. The largest absolute Gasteiger partial charge is 0.357 e. The van der Waals surface area contributed by atoms with E-state index in [1.165, 1.54) is 0 Å². The minimum atomic E-state index is 0.0729. The number of aromatic nitrogens is 1. The molecule has 0 aromatic carbocycles. The SMILES string of the molecule is CN(C(=O)c1ccc[nH]1)C1CCNC1. The summed E-state index contributed by atoms with van der Waals surface area (Å²) in [5.74, 6) is 0.0729. The molecule has 1 aliphatic heterocycles. The summed E-state index contributed by atoms with van der Waals surface area (Å²) in [7, 11) is 1.86. The highest BCUT2D eigenvalue weighted by Crippen LogP contribution is 2.09. The molecule has 2 rings (SSSR count). The lowest BCUT2D eigenvalue weighted by atomic mass is 10.2. The molecule has 1 aliphatic rings. The molecule has 2 N–H and O–H groups in total. The molecular formula is C10H15N3O. The average Bonchev–Trinajstić information content (AvgIpc) is 2.87. The van der Waals surface area contributed by atoms with Crippen molar-refractivity contribution < 1.29 is 4.79 Å². The minimum absolute atomic E-state index is 0.0729. The van der Waals surface area contributed by atoms with Crippen molar-refractivity contribution in [2.45, 2.75) is 12.5 Å². The molecule has 14 heavy (non-hydrogen) atoms. The van der Waals surface area contributed by atoms with E-state index in [4.69, 9.17) is 0 Å². The van der Waals surface area contributed by atoms with Crippen molar-refractivity contribution in [3.05, 3.63) is 24.0 Å². The zero-order chi connectivity index (χ0) is 9.97. The van der Waals surface area contributed by atoms with Gasteiger partial charge in [-0.05, 0) is 25.1 Å². The summed E-state index contributed by atoms with van der Waals surface area (Å²) in [6.45, 7) is 1.91. The fourth-order valence-corrected chi connectivity index (χ4v) is 1.79. The minimum Gasteiger partial charge on any atom is -0.357 e. The van der Waals surface area contributed by atoms with Gasteiger partial charge in [-0.25, -0.2) is 0 Å². The first kappa shape index (κ1) is 9.27. The molecule has 0 aliphatic carbocycles. The summed E-state index contributed by atoms with van der Waals surface area (Å²) in [6, 6.07) is 3.99. The highest BCUT2D eigenvalue weighted by atomic mass is 16.2. The maximum absolute atomic E-state index is 11.9. The fourth-order valence-electron chi connectivity index (χ4n) is 1.79. The van der Waals surface area contributed by atoms with Crippen molar-refractivity contribution >= 4 is 5.91 Å². The first-order valence-corrected chi connectivity index (χ1v) is 4.90. The van der Waals surface area contributed by atoms with E-state index in [2.05, 4.69) is 10.3 Å². The van der Waals surface area contributed by atoms with E-state index in [0.717, 1.165) is 19.5 Å². The smallest absolute Gasteiger partial charge is 0.270 e. The lowest BCUT2D eigenvalue weighted by Gasteiger charge is -2.23. The second-order valence-corrected chi connectivity index (χ2v) is 3.65. The Kier molecular flexibility index (Phi) is 2.54. The van der Waals surface area contributed by atoms with Crippen LogP contribution < -0.4 is 5.32 Å². The number of hydrogen-bond acceptors (Lipinski definition) is 2. The van der Waals surface area contributed by atoms with Crippen molar-refractivity contribution in [3.8, 4) is 0 Å². The summed E-state index contributed by atoms with van der Waals surface area (Å²) in [6.07, 6.45) is 2.82. The molecule has 4 nitrogen and oxygen atoms in total. The molecule has 0 spiro atoms. The quantitative estimate of drug-likeness (QED) is 0.716. The molecule has 1 aromatic rings. The molecule has 0 radical (unpaired) electrons. The van der Waals surface area contributed by atoms with Crippen LogP contribution in [0.1, 0.15) is 16.9 Å². The van der Waals surface area contributed by atoms with Crippen molar-refractivity contribution in [1.29, 1.82) is 0 Å². The molecule has 1 unspecified atom stereocenters. The Labute approximate surface area is 83.3 Å². The van der Waals surface area contributed by atoms with E-state index >= 15 is 0 Å². The van der Waals surface area contributed by atoms with Crippen molar-refractivity contribution in [2.75, 3.05) is 20.1 Å². The van der Waals surface area contributed by atoms with E-state index in [9.17, 15) is 4.79 Å². The Morgan fingerprint density at radius 1 is 1.64 bits per heavy atom. The lowest BCUT2D eigenvalue weighted by Crippen LogP contribution is -2.38. The van der Waals surface area contributed by atoms with Crippen molar-refractivity contribution in [3.63, 3.8) is 0 Å². The number of amides is 1. The van der Waals surface area contributed by atoms with Crippen molar-refractivity contribution in [2.24, 2.45) is 0 Å². The third-order valence-electron chi connectivity index (χ3n) is 2.73. The second-order valence-electron chi connectivity index (χ2n) is 3.65. The van der Waals surface area contributed by atoms with Crippen LogP contribution >= 0.6 is 0 Å². The maximum Gasteiger partial charge on any atom is 0.270 e. The topological polar surface area (TPSA) is 48.1 Å². The number of likely N-dealkylation sites (N-methyl/N-ethyl adjacent to an activating group) is 1. The number of nitrogens with zero attached hydrogens (tertiary/aromatic N) is 1. The predicted octanol–water partition coefficient (Wildman–Crippen LogP) is 0.449. The fraction of sp³-hybridized carbons (Fsp3) is 0.500. The summed E-state index contributed by atoms with van der Waals surface area (Å²) in [5.41, 5.74) is 0.666.